The lowest BCUT2D eigenvalue weighted by molar-refractivity contribution is 0.0600. The maximum Gasteiger partial charge on any atom is 0.337 e. The molecule has 5 nitrogen and oxygen atoms in total. The smallest absolute Gasteiger partial charge is 0.337 e. The molecule has 0 unspecified atom stereocenters. The van der Waals surface area contributed by atoms with E-state index in [1.807, 2.05) is 37.3 Å². The molecule has 2 aromatic carbocycles. The van der Waals surface area contributed by atoms with Gasteiger partial charge in [0.2, 0.25) is 0 Å². The molecule has 0 aliphatic carbocycles. The first-order chi connectivity index (χ1) is 12.2. The third kappa shape index (κ3) is 7.43. The van der Waals surface area contributed by atoms with Gasteiger partial charge in [-0.3, -0.25) is 0 Å². The van der Waals surface area contributed by atoms with Gasteiger partial charge in [0.15, 0.2) is 5.96 Å². The number of ether oxygens (including phenoxy) is 1. The van der Waals surface area contributed by atoms with Crippen LogP contribution in [0.2, 0.25) is 0 Å². The Bertz CT molecular complexity index is 688. The summed E-state index contributed by atoms with van der Waals surface area (Å²) in [7, 11) is 1.38. The maximum absolute atomic E-state index is 11.4. The van der Waals surface area contributed by atoms with Gasteiger partial charge in [0.25, 0.3) is 0 Å². The van der Waals surface area contributed by atoms with Crippen molar-refractivity contribution >= 4 is 35.9 Å². The van der Waals surface area contributed by atoms with Crippen molar-refractivity contribution in [3.05, 3.63) is 71.3 Å². The second kappa shape index (κ2) is 12.3. The van der Waals surface area contributed by atoms with Crippen molar-refractivity contribution in [1.29, 1.82) is 0 Å². The fraction of sp³-hybridized carbons (Fsp3) is 0.300. The molecule has 0 bridgehead atoms. The van der Waals surface area contributed by atoms with Crippen LogP contribution in [-0.2, 0) is 17.7 Å². The number of hydrogen-bond donors (Lipinski definition) is 2. The molecule has 0 spiro atoms. The Balaban J connectivity index is 0.00000338. The number of nitrogens with one attached hydrogen (secondary N) is 2. The van der Waals surface area contributed by atoms with Crippen molar-refractivity contribution in [1.82, 2.24) is 10.6 Å². The molecular weight excluding hydrogens is 441 g/mol. The number of halogens is 1. The van der Waals surface area contributed by atoms with Crippen LogP contribution in [0, 0.1) is 0 Å². The highest BCUT2D eigenvalue weighted by Gasteiger charge is 2.04. The molecule has 2 aromatic rings. The molecule has 0 amide bonds. The fourth-order valence-corrected chi connectivity index (χ4v) is 2.35. The second-order valence-electron chi connectivity index (χ2n) is 5.55. The van der Waals surface area contributed by atoms with Gasteiger partial charge in [-0.25, -0.2) is 9.79 Å². The van der Waals surface area contributed by atoms with E-state index in [1.54, 1.807) is 12.1 Å². The maximum atomic E-state index is 11.4. The number of carbonyl (C=O) groups excluding carboxylic acids is 1. The van der Waals surface area contributed by atoms with Gasteiger partial charge in [-0.2, -0.15) is 0 Å². The summed E-state index contributed by atoms with van der Waals surface area (Å²) in [5.41, 5.74) is 2.88. The normalized spacial score (nSPS) is 10.6. The van der Waals surface area contributed by atoms with Crippen LogP contribution in [-0.4, -0.2) is 32.1 Å². The Labute approximate surface area is 172 Å². The number of esters is 1. The number of aliphatic imine (C=N–C) groups is 1. The lowest BCUT2D eigenvalue weighted by atomic mass is 10.1. The van der Waals surface area contributed by atoms with Crippen LogP contribution in [0.4, 0.5) is 0 Å². The average molecular weight is 467 g/mol. The van der Waals surface area contributed by atoms with Crippen LogP contribution >= 0.6 is 24.0 Å². The predicted octanol–water partition coefficient (Wildman–Crippen LogP) is 3.39. The first kappa shape index (κ1) is 22.0. The van der Waals surface area contributed by atoms with E-state index in [1.165, 1.54) is 12.7 Å². The average Bonchev–Trinajstić information content (AvgIpc) is 2.66. The number of hydrogen-bond acceptors (Lipinski definition) is 3. The van der Waals surface area contributed by atoms with Crippen molar-refractivity contribution < 1.29 is 9.53 Å². The monoisotopic (exact) mass is 467 g/mol. The standard InChI is InChI=1S/C20H25N3O2.HI/c1-3-21-20(22-14-13-16-7-5-4-6-8-16)23-15-17-9-11-18(12-10-17)19(24)25-2;/h4-12H,3,13-15H2,1-2H3,(H2,21,22,23);1H. The first-order valence-electron chi connectivity index (χ1n) is 8.46. The zero-order valence-electron chi connectivity index (χ0n) is 15.2. The number of carbonyl (C=O) groups is 1. The van der Waals surface area contributed by atoms with Gasteiger partial charge in [0, 0.05) is 13.1 Å². The zero-order chi connectivity index (χ0) is 17.9. The van der Waals surface area contributed by atoms with Crippen molar-refractivity contribution in [3.8, 4) is 0 Å². The predicted molar refractivity (Wildman–Crippen MR) is 116 cm³/mol. The Kier molecular flexibility index (Phi) is 10.4. The quantitative estimate of drug-likeness (QED) is 0.284. The number of guanidine groups is 1. The molecule has 0 saturated heterocycles. The van der Waals surface area contributed by atoms with Gasteiger partial charge < -0.3 is 15.4 Å². The topological polar surface area (TPSA) is 62.7 Å². The SMILES string of the molecule is CCNC(=NCc1ccc(C(=O)OC)cc1)NCCc1ccccc1.I. The Morgan fingerprint density at radius 2 is 1.69 bits per heavy atom. The van der Waals surface area contributed by atoms with Crippen LogP contribution in [0.5, 0.6) is 0 Å². The molecule has 0 atom stereocenters. The molecule has 0 saturated carbocycles. The van der Waals surface area contributed by atoms with Crippen LogP contribution < -0.4 is 10.6 Å². The van der Waals surface area contributed by atoms with Crippen LogP contribution in [0.1, 0.15) is 28.4 Å². The molecule has 6 heteroatoms. The third-order valence-electron chi connectivity index (χ3n) is 3.69. The minimum absolute atomic E-state index is 0. The highest BCUT2D eigenvalue weighted by Crippen LogP contribution is 2.07. The summed E-state index contributed by atoms with van der Waals surface area (Å²) in [5.74, 6) is 0.460. The molecule has 26 heavy (non-hydrogen) atoms. The molecule has 0 aromatic heterocycles. The van der Waals surface area contributed by atoms with Gasteiger partial charge in [-0.05, 0) is 36.6 Å². The Morgan fingerprint density at radius 1 is 1.00 bits per heavy atom. The summed E-state index contributed by atoms with van der Waals surface area (Å²) in [6.07, 6.45) is 0.944. The lowest BCUT2D eigenvalue weighted by Gasteiger charge is -2.11. The minimum atomic E-state index is -0.328. The molecule has 0 heterocycles. The summed E-state index contributed by atoms with van der Waals surface area (Å²) in [6.45, 7) is 4.21. The number of nitrogens with zero attached hydrogens (tertiary/aromatic N) is 1. The van der Waals surface area contributed by atoms with Crippen molar-refractivity contribution in [3.63, 3.8) is 0 Å². The molecule has 0 fully saturated rings. The van der Waals surface area contributed by atoms with Crippen LogP contribution in [0.3, 0.4) is 0 Å². The van der Waals surface area contributed by atoms with E-state index in [-0.39, 0.29) is 29.9 Å². The number of benzene rings is 2. The van der Waals surface area contributed by atoms with E-state index in [4.69, 9.17) is 4.74 Å². The van der Waals surface area contributed by atoms with E-state index < -0.39 is 0 Å². The zero-order valence-corrected chi connectivity index (χ0v) is 17.5. The highest BCUT2D eigenvalue weighted by molar-refractivity contribution is 14.0. The summed E-state index contributed by atoms with van der Waals surface area (Å²) in [4.78, 5) is 16.0. The van der Waals surface area contributed by atoms with Gasteiger partial charge >= 0.3 is 5.97 Å². The van der Waals surface area contributed by atoms with Gasteiger partial charge in [-0.1, -0.05) is 42.5 Å². The largest absolute Gasteiger partial charge is 0.465 e. The summed E-state index contributed by atoms with van der Waals surface area (Å²) in [6, 6.07) is 17.7. The number of rotatable bonds is 7. The highest BCUT2D eigenvalue weighted by atomic mass is 127. The van der Waals surface area contributed by atoms with E-state index in [0.29, 0.717) is 12.1 Å². The van der Waals surface area contributed by atoms with Gasteiger partial charge in [-0.15, -0.1) is 24.0 Å². The number of methoxy groups -OCH3 is 1. The van der Waals surface area contributed by atoms with Crippen LogP contribution in [0.15, 0.2) is 59.6 Å². The first-order valence-corrected chi connectivity index (χ1v) is 8.46. The Hall–Kier alpha value is -2.09. The molecule has 140 valence electrons. The van der Waals surface area contributed by atoms with E-state index >= 15 is 0 Å². The molecule has 0 radical (unpaired) electrons. The molecule has 0 aliphatic rings. The van der Waals surface area contributed by atoms with Gasteiger partial charge in [0.05, 0.1) is 19.2 Å². The van der Waals surface area contributed by atoms with Crippen molar-refractivity contribution in [2.45, 2.75) is 19.9 Å². The lowest BCUT2D eigenvalue weighted by Crippen LogP contribution is -2.38. The summed E-state index contributed by atoms with van der Waals surface area (Å²) < 4.78 is 4.70. The molecule has 2 N–H and O–H groups in total. The Morgan fingerprint density at radius 3 is 2.31 bits per heavy atom. The van der Waals surface area contributed by atoms with Crippen LogP contribution in [0.25, 0.3) is 0 Å². The summed E-state index contributed by atoms with van der Waals surface area (Å²) >= 11 is 0. The minimum Gasteiger partial charge on any atom is -0.465 e. The van der Waals surface area contributed by atoms with E-state index in [0.717, 1.165) is 31.0 Å². The van der Waals surface area contributed by atoms with Gasteiger partial charge in [0.1, 0.15) is 0 Å². The van der Waals surface area contributed by atoms with E-state index in [2.05, 4.69) is 27.8 Å². The van der Waals surface area contributed by atoms with E-state index in [9.17, 15) is 4.79 Å². The fourth-order valence-electron chi connectivity index (χ4n) is 2.35. The third-order valence-corrected chi connectivity index (χ3v) is 3.69. The van der Waals surface area contributed by atoms with Crippen molar-refractivity contribution in [2.75, 3.05) is 20.2 Å². The van der Waals surface area contributed by atoms with Crippen molar-refractivity contribution in [2.24, 2.45) is 4.99 Å². The second-order valence-corrected chi connectivity index (χ2v) is 5.55. The molecular formula is C20H26IN3O2. The molecule has 2 rings (SSSR count). The molecule has 0 aliphatic heterocycles. The summed E-state index contributed by atoms with van der Waals surface area (Å²) in [5, 5.41) is 6.59.